The highest BCUT2D eigenvalue weighted by Crippen LogP contribution is 2.39. The molecule has 0 aliphatic heterocycles. The molecule has 5 heteroatoms. The van der Waals surface area contributed by atoms with Crippen LogP contribution in [0.15, 0.2) is 30.3 Å². The Morgan fingerprint density at radius 2 is 1.68 bits per heavy atom. The van der Waals surface area contributed by atoms with Gasteiger partial charge in [-0.25, -0.2) is 0 Å². The van der Waals surface area contributed by atoms with Gasteiger partial charge >= 0.3 is 0 Å². The van der Waals surface area contributed by atoms with Crippen molar-refractivity contribution in [2.75, 3.05) is 39.4 Å². The van der Waals surface area contributed by atoms with E-state index in [4.69, 9.17) is 25.7 Å². The summed E-state index contributed by atoms with van der Waals surface area (Å²) in [5, 5.41) is 0. The van der Waals surface area contributed by atoms with E-state index in [2.05, 4.69) is 0 Å². The van der Waals surface area contributed by atoms with Crippen molar-refractivity contribution in [1.82, 2.24) is 0 Å². The van der Waals surface area contributed by atoms with Gasteiger partial charge in [-0.05, 0) is 42.3 Å². The van der Waals surface area contributed by atoms with Gasteiger partial charge in [-0.15, -0.1) is 0 Å². The monoisotopic (exact) mass is 302 g/mol. The van der Waals surface area contributed by atoms with Crippen LogP contribution in [0.4, 0.5) is 11.4 Å². The minimum absolute atomic E-state index is 0.535. The molecule has 0 radical (unpaired) electrons. The second-order valence-electron chi connectivity index (χ2n) is 4.96. The van der Waals surface area contributed by atoms with Crippen molar-refractivity contribution in [3.05, 3.63) is 35.9 Å². The number of hydrogen-bond donors (Lipinski definition) is 2. The maximum absolute atomic E-state index is 6.17. The van der Waals surface area contributed by atoms with Crippen LogP contribution in [0.3, 0.4) is 0 Å². The molecule has 0 saturated carbocycles. The van der Waals surface area contributed by atoms with Crippen molar-refractivity contribution in [1.29, 1.82) is 0 Å². The fourth-order valence-corrected chi connectivity index (χ4v) is 2.35. The highest BCUT2D eigenvalue weighted by molar-refractivity contribution is 5.88. The first-order chi connectivity index (χ1) is 10.6. The minimum Gasteiger partial charge on any atom is -0.497 e. The van der Waals surface area contributed by atoms with Gasteiger partial charge in [-0.1, -0.05) is 0 Å². The molecule has 2 rings (SSSR count). The smallest absolute Gasteiger partial charge is 0.127 e. The lowest BCUT2D eigenvalue weighted by atomic mass is 9.97. The summed E-state index contributed by atoms with van der Waals surface area (Å²) < 4.78 is 15.9. The highest BCUT2D eigenvalue weighted by atomic mass is 16.5. The van der Waals surface area contributed by atoms with Crippen LogP contribution in [0.25, 0.3) is 11.1 Å². The Hall–Kier alpha value is -2.40. The van der Waals surface area contributed by atoms with Gasteiger partial charge in [0, 0.05) is 18.2 Å². The zero-order valence-corrected chi connectivity index (χ0v) is 13.2. The SMILES string of the molecule is COCCc1cc(N)c(N)c(-c2cc(OC)ccc2OC)c1. The van der Waals surface area contributed by atoms with Crippen LogP contribution in [-0.4, -0.2) is 27.9 Å². The second kappa shape index (κ2) is 7.04. The molecular formula is C17H22N2O3. The van der Waals surface area contributed by atoms with E-state index in [0.29, 0.717) is 18.0 Å². The summed E-state index contributed by atoms with van der Waals surface area (Å²) in [5.74, 6) is 1.45. The summed E-state index contributed by atoms with van der Waals surface area (Å²) in [4.78, 5) is 0. The molecule has 2 aromatic carbocycles. The van der Waals surface area contributed by atoms with Crippen molar-refractivity contribution < 1.29 is 14.2 Å². The first-order valence-corrected chi connectivity index (χ1v) is 7.00. The number of methoxy groups -OCH3 is 3. The third-order valence-corrected chi connectivity index (χ3v) is 3.56. The molecule has 5 nitrogen and oxygen atoms in total. The molecule has 4 N–H and O–H groups in total. The Kier molecular flexibility index (Phi) is 5.12. The molecule has 2 aromatic rings. The van der Waals surface area contributed by atoms with Crippen molar-refractivity contribution in [2.45, 2.75) is 6.42 Å². The van der Waals surface area contributed by atoms with Crippen molar-refractivity contribution in [3.8, 4) is 22.6 Å². The second-order valence-corrected chi connectivity index (χ2v) is 4.96. The van der Waals surface area contributed by atoms with Gasteiger partial charge in [0.1, 0.15) is 11.5 Å². The molecule has 0 heterocycles. The molecule has 0 unspecified atom stereocenters. The quantitative estimate of drug-likeness (QED) is 0.802. The van der Waals surface area contributed by atoms with Gasteiger partial charge < -0.3 is 25.7 Å². The van der Waals surface area contributed by atoms with Crippen molar-refractivity contribution >= 4 is 11.4 Å². The lowest BCUT2D eigenvalue weighted by Crippen LogP contribution is -2.02. The normalized spacial score (nSPS) is 10.5. The van der Waals surface area contributed by atoms with Crippen LogP contribution < -0.4 is 20.9 Å². The zero-order chi connectivity index (χ0) is 16.1. The molecule has 0 atom stereocenters. The summed E-state index contributed by atoms with van der Waals surface area (Å²) in [6.07, 6.45) is 0.764. The molecule has 0 aliphatic rings. The van der Waals surface area contributed by atoms with E-state index in [-0.39, 0.29) is 0 Å². The van der Waals surface area contributed by atoms with Crippen LogP contribution in [-0.2, 0) is 11.2 Å². The Morgan fingerprint density at radius 1 is 0.909 bits per heavy atom. The summed E-state index contributed by atoms with van der Waals surface area (Å²) in [7, 11) is 4.92. The maximum Gasteiger partial charge on any atom is 0.127 e. The topological polar surface area (TPSA) is 79.7 Å². The van der Waals surface area contributed by atoms with Crippen molar-refractivity contribution in [3.63, 3.8) is 0 Å². The molecule has 0 amide bonds. The lowest BCUT2D eigenvalue weighted by Gasteiger charge is -2.15. The third kappa shape index (κ3) is 3.26. The van der Waals surface area contributed by atoms with E-state index in [1.54, 1.807) is 21.3 Å². The van der Waals surface area contributed by atoms with Crippen LogP contribution in [0.5, 0.6) is 11.5 Å². The maximum atomic E-state index is 6.17. The van der Waals surface area contributed by atoms with Crippen LogP contribution in [0.1, 0.15) is 5.56 Å². The number of nitrogen functional groups attached to an aromatic ring is 2. The molecule has 22 heavy (non-hydrogen) atoms. The summed E-state index contributed by atoms with van der Waals surface area (Å²) in [6.45, 7) is 0.623. The first-order valence-electron chi connectivity index (χ1n) is 7.00. The Bertz CT molecular complexity index is 657. The number of hydrogen-bond acceptors (Lipinski definition) is 5. The minimum atomic E-state index is 0.535. The van der Waals surface area contributed by atoms with Gasteiger partial charge in [0.15, 0.2) is 0 Å². The Balaban J connectivity index is 2.57. The number of benzene rings is 2. The molecular weight excluding hydrogens is 280 g/mol. The van der Waals surface area contributed by atoms with Gasteiger partial charge in [0.25, 0.3) is 0 Å². The lowest BCUT2D eigenvalue weighted by molar-refractivity contribution is 0.202. The summed E-state index contributed by atoms with van der Waals surface area (Å²) >= 11 is 0. The fourth-order valence-electron chi connectivity index (χ4n) is 2.35. The van der Waals surface area contributed by atoms with Crippen LogP contribution in [0.2, 0.25) is 0 Å². The average molecular weight is 302 g/mol. The summed E-state index contributed by atoms with van der Waals surface area (Å²) in [5.41, 5.74) is 16.1. The van der Waals surface area contributed by atoms with Crippen molar-refractivity contribution in [2.24, 2.45) is 0 Å². The zero-order valence-electron chi connectivity index (χ0n) is 13.2. The van der Waals surface area contributed by atoms with E-state index in [0.717, 1.165) is 34.6 Å². The Morgan fingerprint density at radius 3 is 2.32 bits per heavy atom. The third-order valence-electron chi connectivity index (χ3n) is 3.56. The Labute approximate surface area is 130 Å². The molecule has 0 aliphatic carbocycles. The van der Waals surface area contributed by atoms with Gasteiger partial charge in [0.2, 0.25) is 0 Å². The number of ether oxygens (including phenoxy) is 3. The van der Waals surface area contributed by atoms with E-state index in [1.165, 1.54) is 0 Å². The van der Waals surface area contributed by atoms with Gasteiger partial charge in [-0.2, -0.15) is 0 Å². The molecule has 0 aromatic heterocycles. The van der Waals surface area contributed by atoms with Gasteiger partial charge in [0.05, 0.1) is 32.2 Å². The predicted octanol–water partition coefficient (Wildman–Crippen LogP) is 2.72. The average Bonchev–Trinajstić information content (AvgIpc) is 2.55. The highest BCUT2D eigenvalue weighted by Gasteiger charge is 2.14. The van der Waals surface area contributed by atoms with E-state index in [9.17, 15) is 0 Å². The molecule has 0 saturated heterocycles. The standard InChI is InChI=1S/C17H22N2O3/c1-20-7-6-11-8-14(17(19)15(18)9-11)13-10-12(21-2)4-5-16(13)22-3/h4-5,8-10H,6-7,18-19H2,1-3H3. The first kappa shape index (κ1) is 16.0. The van der Waals surface area contributed by atoms with Crippen LogP contribution in [0, 0.1) is 0 Å². The molecule has 0 bridgehead atoms. The number of rotatable bonds is 6. The molecule has 118 valence electrons. The predicted molar refractivity (Wildman–Crippen MR) is 89.4 cm³/mol. The molecule has 0 fully saturated rings. The largest absolute Gasteiger partial charge is 0.497 e. The van der Waals surface area contributed by atoms with Gasteiger partial charge in [-0.3, -0.25) is 0 Å². The number of anilines is 2. The van der Waals surface area contributed by atoms with E-state index in [1.807, 2.05) is 30.3 Å². The van der Waals surface area contributed by atoms with Crippen LogP contribution >= 0.6 is 0 Å². The molecule has 0 spiro atoms. The number of nitrogens with two attached hydrogens (primary N) is 2. The van der Waals surface area contributed by atoms with E-state index >= 15 is 0 Å². The van der Waals surface area contributed by atoms with E-state index < -0.39 is 0 Å². The fraction of sp³-hybridized carbons (Fsp3) is 0.294. The summed E-state index contributed by atoms with van der Waals surface area (Å²) in [6, 6.07) is 9.48.